The Morgan fingerprint density at radius 1 is 1.59 bits per heavy atom. The average Bonchev–Trinajstić information content (AvgIpc) is 2.25. The SMILES string of the molecule is COc1nc(S(N)(=O)=O)cc(C#N)c1C(F)F. The molecule has 9 heteroatoms. The molecule has 6 nitrogen and oxygen atoms in total. The molecule has 0 aliphatic carbocycles. The first-order valence-corrected chi connectivity index (χ1v) is 5.66. The van der Waals surface area contributed by atoms with Crippen molar-refractivity contribution in [3.8, 4) is 11.9 Å². The van der Waals surface area contributed by atoms with E-state index in [2.05, 4.69) is 9.72 Å². The van der Waals surface area contributed by atoms with Gasteiger partial charge in [-0.25, -0.2) is 22.3 Å². The summed E-state index contributed by atoms with van der Waals surface area (Å²) in [5.41, 5.74) is -1.31. The molecule has 1 aromatic rings. The van der Waals surface area contributed by atoms with Crippen molar-refractivity contribution in [2.24, 2.45) is 5.14 Å². The van der Waals surface area contributed by atoms with Crippen LogP contribution in [0.1, 0.15) is 17.6 Å². The van der Waals surface area contributed by atoms with Gasteiger partial charge >= 0.3 is 0 Å². The van der Waals surface area contributed by atoms with Gasteiger partial charge in [-0.3, -0.25) is 0 Å². The lowest BCUT2D eigenvalue weighted by Gasteiger charge is -2.09. The van der Waals surface area contributed by atoms with Crippen molar-refractivity contribution in [3.05, 3.63) is 17.2 Å². The van der Waals surface area contributed by atoms with E-state index in [1.165, 1.54) is 6.07 Å². The molecule has 0 aliphatic rings. The van der Waals surface area contributed by atoms with Crippen LogP contribution in [-0.2, 0) is 10.0 Å². The zero-order valence-corrected chi connectivity index (χ0v) is 9.33. The van der Waals surface area contributed by atoms with E-state index in [9.17, 15) is 17.2 Å². The van der Waals surface area contributed by atoms with Crippen molar-refractivity contribution >= 4 is 10.0 Å². The number of nitrogens with zero attached hydrogens (tertiary/aromatic N) is 2. The number of primary sulfonamides is 1. The minimum absolute atomic E-state index is 0.545. The lowest BCUT2D eigenvalue weighted by Crippen LogP contribution is -2.15. The summed E-state index contributed by atoms with van der Waals surface area (Å²) in [7, 11) is -3.17. The van der Waals surface area contributed by atoms with E-state index in [0.717, 1.165) is 7.11 Å². The second-order valence-electron chi connectivity index (χ2n) is 2.89. The largest absolute Gasteiger partial charge is 0.481 e. The van der Waals surface area contributed by atoms with Gasteiger partial charge < -0.3 is 4.74 Å². The van der Waals surface area contributed by atoms with Crippen LogP contribution in [0.2, 0.25) is 0 Å². The number of nitriles is 1. The summed E-state index contributed by atoms with van der Waals surface area (Å²) in [6.45, 7) is 0. The Hall–Kier alpha value is -1.79. The predicted octanol–water partition coefficient (Wildman–Crippen LogP) is 0.547. The molecule has 0 unspecified atom stereocenters. The zero-order valence-electron chi connectivity index (χ0n) is 8.52. The molecule has 0 amide bonds. The molecule has 0 saturated heterocycles. The summed E-state index contributed by atoms with van der Waals surface area (Å²) < 4.78 is 51.8. The summed E-state index contributed by atoms with van der Waals surface area (Å²) >= 11 is 0. The Balaban J connectivity index is 3.63. The summed E-state index contributed by atoms with van der Waals surface area (Å²) in [6.07, 6.45) is -3.01. The summed E-state index contributed by atoms with van der Waals surface area (Å²) in [4.78, 5) is 3.33. The fourth-order valence-corrected chi connectivity index (χ4v) is 1.61. The van der Waals surface area contributed by atoms with Crippen molar-refractivity contribution in [3.63, 3.8) is 0 Å². The smallest absolute Gasteiger partial charge is 0.270 e. The number of aromatic nitrogens is 1. The number of halogens is 2. The number of sulfonamides is 1. The Morgan fingerprint density at radius 2 is 2.18 bits per heavy atom. The Kier molecular flexibility index (Phi) is 3.59. The van der Waals surface area contributed by atoms with Crippen molar-refractivity contribution in [2.75, 3.05) is 7.11 Å². The molecule has 1 aromatic heterocycles. The summed E-state index contributed by atoms with van der Waals surface area (Å²) in [6, 6.07) is 2.12. The first kappa shape index (κ1) is 13.3. The molecule has 0 bridgehead atoms. The van der Waals surface area contributed by atoms with Gasteiger partial charge in [-0.05, 0) is 6.07 Å². The van der Waals surface area contributed by atoms with Crippen LogP contribution >= 0.6 is 0 Å². The van der Waals surface area contributed by atoms with Gasteiger partial charge in [-0.2, -0.15) is 10.2 Å². The second kappa shape index (κ2) is 4.60. The summed E-state index contributed by atoms with van der Waals surface area (Å²) in [5.74, 6) is -0.636. The number of methoxy groups -OCH3 is 1. The fourth-order valence-electron chi connectivity index (χ4n) is 1.11. The van der Waals surface area contributed by atoms with Gasteiger partial charge in [-0.15, -0.1) is 0 Å². The molecule has 0 aromatic carbocycles. The van der Waals surface area contributed by atoms with Crippen LogP contribution in [0.3, 0.4) is 0 Å². The third kappa shape index (κ3) is 2.66. The molecule has 1 heterocycles. The molecule has 1 rings (SSSR count). The van der Waals surface area contributed by atoms with Crippen molar-refractivity contribution in [1.29, 1.82) is 5.26 Å². The van der Waals surface area contributed by atoms with Crippen LogP contribution in [0.5, 0.6) is 5.88 Å². The maximum atomic E-state index is 12.6. The normalized spacial score (nSPS) is 11.3. The highest BCUT2D eigenvalue weighted by atomic mass is 32.2. The standard InChI is InChI=1S/C8H7F2N3O3S/c1-16-8-6(7(9)10)4(3-11)2-5(13-8)17(12,14)15/h2,7H,1H3,(H2,12,14,15). The molecular weight excluding hydrogens is 256 g/mol. The lowest BCUT2D eigenvalue weighted by molar-refractivity contribution is 0.145. The third-order valence-corrected chi connectivity index (χ3v) is 2.62. The molecule has 0 radical (unpaired) electrons. The molecule has 2 N–H and O–H groups in total. The first-order valence-electron chi connectivity index (χ1n) is 4.11. The highest BCUT2D eigenvalue weighted by Gasteiger charge is 2.24. The van der Waals surface area contributed by atoms with Gasteiger partial charge in [0.15, 0.2) is 5.03 Å². The van der Waals surface area contributed by atoms with E-state index in [-0.39, 0.29) is 0 Å². The van der Waals surface area contributed by atoms with Gasteiger partial charge in [0.25, 0.3) is 16.4 Å². The highest BCUT2D eigenvalue weighted by molar-refractivity contribution is 7.89. The van der Waals surface area contributed by atoms with Crippen LogP contribution in [-0.4, -0.2) is 20.5 Å². The van der Waals surface area contributed by atoms with Crippen LogP contribution in [0.15, 0.2) is 11.1 Å². The van der Waals surface area contributed by atoms with Gasteiger partial charge in [0.05, 0.1) is 24.3 Å². The van der Waals surface area contributed by atoms with Gasteiger partial charge in [0, 0.05) is 0 Å². The minimum Gasteiger partial charge on any atom is -0.481 e. The number of pyridine rings is 1. The quantitative estimate of drug-likeness (QED) is 0.856. The van der Waals surface area contributed by atoms with E-state index < -0.39 is 38.5 Å². The molecule has 0 spiro atoms. The van der Waals surface area contributed by atoms with Gasteiger partial charge in [-0.1, -0.05) is 0 Å². The van der Waals surface area contributed by atoms with Crippen LogP contribution in [0.25, 0.3) is 0 Å². The first-order chi connectivity index (χ1) is 7.81. The van der Waals surface area contributed by atoms with Crippen molar-refractivity contribution in [1.82, 2.24) is 4.98 Å². The molecule has 0 atom stereocenters. The topological polar surface area (TPSA) is 106 Å². The van der Waals surface area contributed by atoms with E-state index in [4.69, 9.17) is 10.4 Å². The number of ether oxygens (including phenoxy) is 1. The van der Waals surface area contributed by atoms with E-state index in [1.54, 1.807) is 0 Å². The summed E-state index contributed by atoms with van der Waals surface area (Å²) in [5, 5.41) is 12.8. The Bertz CT molecular complexity index is 580. The van der Waals surface area contributed by atoms with Crippen molar-refractivity contribution < 1.29 is 21.9 Å². The number of hydrogen-bond acceptors (Lipinski definition) is 5. The monoisotopic (exact) mass is 263 g/mol. The Labute approximate surface area is 95.7 Å². The lowest BCUT2D eigenvalue weighted by atomic mass is 10.1. The van der Waals surface area contributed by atoms with Gasteiger partial charge in [0.1, 0.15) is 0 Å². The van der Waals surface area contributed by atoms with Crippen LogP contribution in [0.4, 0.5) is 8.78 Å². The average molecular weight is 263 g/mol. The minimum atomic E-state index is -4.20. The number of hydrogen-bond donors (Lipinski definition) is 1. The fraction of sp³-hybridized carbons (Fsp3) is 0.250. The molecule has 0 aliphatic heterocycles. The maximum absolute atomic E-state index is 12.6. The van der Waals surface area contributed by atoms with E-state index >= 15 is 0 Å². The van der Waals surface area contributed by atoms with E-state index in [1.807, 2.05) is 0 Å². The zero-order chi connectivity index (χ0) is 13.2. The number of rotatable bonds is 3. The van der Waals surface area contributed by atoms with E-state index in [0.29, 0.717) is 6.07 Å². The molecule has 17 heavy (non-hydrogen) atoms. The maximum Gasteiger partial charge on any atom is 0.270 e. The highest BCUT2D eigenvalue weighted by Crippen LogP contribution is 2.31. The number of alkyl halides is 2. The third-order valence-electron chi connectivity index (χ3n) is 1.82. The van der Waals surface area contributed by atoms with Crippen molar-refractivity contribution in [2.45, 2.75) is 11.5 Å². The molecule has 92 valence electrons. The van der Waals surface area contributed by atoms with Crippen LogP contribution < -0.4 is 9.88 Å². The number of nitrogens with two attached hydrogens (primary N) is 1. The Morgan fingerprint density at radius 3 is 2.53 bits per heavy atom. The molecular formula is C8H7F2N3O3S. The molecule has 0 saturated carbocycles. The molecule has 0 fully saturated rings. The second-order valence-corrected chi connectivity index (χ2v) is 4.40. The van der Waals surface area contributed by atoms with Crippen LogP contribution in [0, 0.1) is 11.3 Å². The predicted molar refractivity (Wildman–Crippen MR) is 51.8 cm³/mol. The van der Waals surface area contributed by atoms with Gasteiger partial charge in [0.2, 0.25) is 5.88 Å².